The van der Waals surface area contributed by atoms with Crippen LogP contribution >= 0.6 is 34.9 Å². The normalized spacial score (nSPS) is 11.9. The molecule has 1 aromatic rings. The number of rotatable bonds is 6. The van der Waals surface area contributed by atoms with Crippen LogP contribution in [0.2, 0.25) is 0 Å². The highest BCUT2D eigenvalue weighted by Crippen LogP contribution is 2.52. The number of halogens is 1. The van der Waals surface area contributed by atoms with E-state index in [-0.39, 0.29) is 0 Å². The van der Waals surface area contributed by atoms with E-state index in [0.717, 1.165) is 9.35 Å². The predicted molar refractivity (Wildman–Crippen MR) is 66.6 cm³/mol. The Hall–Kier alpha value is 0.330. The van der Waals surface area contributed by atoms with Crippen molar-refractivity contribution in [2.45, 2.75) is 20.0 Å². The van der Waals surface area contributed by atoms with Crippen molar-refractivity contribution in [1.29, 1.82) is 0 Å². The molecule has 0 spiro atoms. The fraction of sp³-hybridized carbons (Fsp3) is 0.556. The lowest BCUT2D eigenvalue weighted by Gasteiger charge is -2.15. The fourth-order valence-electron chi connectivity index (χ4n) is 1.15. The topological polar surface area (TPSA) is 35.5 Å². The van der Waals surface area contributed by atoms with Gasteiger partial charge >= 0.3 is 7.60 Å². The fourth-order valence-corrected chi connectivity index (χ4v) is 4.67. The smallest absolute Gasteiger partial charge is 0.309 e. The van der Waals surface area contributed by atoms with Crippen LogP contribution in [0.15, 0.2) is 15.9 Å². The Balaban J connectivity index is 2.70. The highest BCUT2D eigenvalue weighted by molar-refractivity contribution is 9.10. The van der Waals surface area contributed by atoms with Gasteiger partial charge in [0.15, 0.2) is 0 Å². The number of hydrogen-bond donors (Lipinski definition) is 0. The minimum Gasteiger partial charge on any atom is -0.309 e. The van der Waals surface area contributed by atoms with Crippen molar-refractivity contribution >= 4 is 34.9 Å². The van der Waals surface area contributed by atoms with Crippen LogP contribution in [0.5, 0.6) is 0 Å². The largest absolute Gasteiger partial charge is 0.335 e. The lowest BCUT2D eigenvalue weighted by molar-refractivity contribution is 0.219. The molecule has 0 aliphatic rings. The van der Waals surface area contributed by atoms with E-state index in [0.29, 0.717) is 19.4 Å². The van der Waals surface area contributed by atoms with Crippen LogP contribution in [0.4, 0.5) is 0 Å². The molecular weight excluding hydrogens is 299 g/mol. The summed E-state index contributed by atoms with van der Waals surface area (Å²) in [5.41, 5.74) is 0. The summed E-state index contributed by atoms with van der Waals surface area (Å²) >= 11 is 4.91. The predicted octanol–water partition coefficient (Wildman–Crippen LogP) is 4.28. The van der Waals surface area contributed by atoms with Gasteiger partial charge in [-0.2, -0.15) is 0 Å². The Kier molecular flexibility index (Phi) is 5.50. The standard InChI is InChI=1S/C9H14BrO3PS/c1-3-12-14(11,13-4-2)6-9-5-8(10)7-15-9/h5,7H,3-4,6H2,1-2H3. The van der Waals surface area contributed by atoms with Crippen LogP contribution in [0, 0.1) is 0 Å². The maximum absolute atomic E-state index is 12.1. The molecule has 3 nitrogen and oxygen atoms in total. The Morgan fingerprint density at radius 1 is 1.40 bits per heavy atom. The first-order valence-corrected chi connectivity index (χ1v) is 8.10. The zero-order valence-corrected chi connectivity index (χ0v) is 12.0. The molecule has 0 amide bonds. The van der Waals surface area contributed by atoms with Crippen LogP contribution in [-0.4, -0.2) is 13.2 Å². The van der Waals surface area contributed by atoms with Crippen LogP contribution in [-0.2, 0) is 19.8 Å². The molecular formula is C9H14BrO3PS. The van der Waals surface area contributed by atoms with Crippen molar-refractivity contribution in [2.24, 2.45) is 0 Å². The van der Waals surface area contributed by atoms with Crippen molar-refractivity contribution < 1.29 is 13.6 Å². The molecule has 0 saturated heterocycles. The van der Waals surface area contributed by atoms with E-state index in [9.17, 15) is 4.57 Å². The number of thiophene rings is 1. The third-order valence-corrected chi connectivity index (χ3v) is 5.57. The second-order valence-corrected chi connectivity index (χ2v) is 6.80. The molecule has 0 atom stereocenters. The van der Waals surface area contributed by atoms with E-state index in [1.165, 1.54) is 0 Å². The summed E-state index contributed by atoms with van der Waals surface area (Å²) in [4.78, 5) is 1.01. The first-order valence-electron chi connectivity index (χ1n) is 4.70. The highest BCUT2D eigenvalue weighted by Gasteiger charge is 2.24. The Morgan fingerprint density at radius 2 is 2.00 bits per heavy atom. The molecule has 0 saturated carbocycles. The summed E-state index contributed by atoms with van der Waals surface area (Å²) in [6.07, 6.45) is 0.352. The summed E-state index contributed by atoms with van der Waals surface area (Å²) in [6, 6.07) is 1.94. The van der Waals surface area contributed by atoms with Gasteiger partial charge in [0.2, 0.25) is 0 Å². The van der Waals surface area contributed by atoms with Crippen LogP contribution in [0.3, 0.4) is 0 Å². The molecule has 0 aromatic carbocycles. The maximum Gasteiger partial charge on any atom is 0.335 e. The monoisotopic (exact) mass is 312 g/mol. The molecule has 0 bridgehead atoms. The lowest BCUT2D eigenvalue weighted by atomic mass is 10.5. The van der Waals surface area contributed by atoms with Gasteiger partial charge in [0, 0.05) is 14.7 Å². The van der Waals surface area contributed by atoms with Crippen molar-refractivity contribution in [3.05, 3.63) is 20.8 Å². The first-order chi connectivity index (χ1) is 7.09. The van der Waals surface area contributed by atoms with Gasteiger partial charge < -0.3 is 9.05 Å². The van der Waals surface area contributed by atoms with Gasteiger partial charge in [-0.15, -0.1) is 11.3 Å². The van der Waals surface area contributed by atoms with Crippen LogP contribution < -0.4 is 0 Å². The summed E-state index contributed by atoms with van der Waals surface area (Å²) in [5, 5.41) is 1.96. The van der Waals surface area contributed by atoms with E-state index in [1.54, 1.807) is 11.3 Å². The maximum atomic E-state index is 12.1. The quantitative estimate of drug-likeness (QED) is 0.736. The van der Waals surface area contributed by atoms with Gasteiger partial charge in [-0.25, -0.2) is 0 Å². The zero-order chi connectivity index (χ0) is 11.3. The van der Waals surface area contributed by atoms with Gasteiger partial charge in [0.25, 0.3) is 0 Å². The zero-order valence-electron chi connectivity index (χ0n) is 8.73. The van der Waals surface area contributed by atoms with E-state index in [2.05, 4.69) is 15.9 Å². The molecule has 15 heavy (non-hydrogen) atoms. The average molecular weight is 313 g/mol. The molecule has 1 aromatic heterocycles. The van der Waals surface area contributed by atoms with E-state index < -0.39 is 7.60 Å². The van der Waals surface area contributed by atoms with Crippen molar-refractivity contribution in [3.63, 3.8) is 0 Å². The minimum absolute atomic E-state index is 0.352. The SMILES string of the molecule is CCOP(=O)(Cc1cc(Br)cs1)OCC. The van der Waals surface area contributed by atoms with Crippen LogP contribution in [0.1, 0.15) is 18.7 Å². The lowest BCUT2D eigenvalue weighted by Crippen LogP contribution is -1.97. The second-order valence-electron chi connectivity index (χ2n) is 2.84. The Bertz CT molecular complexity index is 343. The van der Waals surface area contributed by atoms with E-state index >= 15 is 0 Å². The van der Waals surface area contributed by atoms with Crippen molar-refractivity contribution in [3.8, 4) is 0 Å². The Labute approximate surface area is 102 Å². The molecule has 86 valence electrons. The molecule has 0 aliphatic heterocycles. The van der Waals surface area contributed by atoms with E-state index in [4.69, 9.17) is 9.05 Å². The molecule has 1 rings (SSSR count). The van der Waals surface area contributed by atoms with E-state index in [1.807, 2.05) is 25.3 Å². The third kappa shape index (κ3) is 4.37. The summed E-state index contributed by atoms with van der Waals surface area (Å²) < 4.78 is 23.6. The minimum atomic E-state index is -2.94. The second kappa shape index (κ2) is 6.16. The summed E-state index contributed by atoms with van der Waals surface area (Å²) in [7, 11) is -2.94. The molecule has 0 N–H and O–H groups in total. The molecule has 0 aliphatic carbocycles. The molecule has 0 fully saturated rings. The van der Waals surface area contributed by atoms with Crippen molar-refractivity contribution in [2.75, 3.05) is 13.2 Å². The third-order valence-electron chi connectivity index (χ3n) is 1.62. The number of hydrogen-bond acceptors (Lipinski definition) is 4. The van der Waals surface area contributed by atoms with Crippen molar-refractivity contribution in [1.82, 2.24) is 0 Å². The van der Waals surface area contributed by atoms with Gasteiger partial charge in [-0.05, 0) is 35.8 Å². The highest BCUT2D eigenvalue weighted by atomic mass is 79.9. The summed E-state index contributed by atoms with van der Waals surface area (Å²) in [5.74, 6) is 0. The molecule has 1 heterocycles. The van der Waals surface area contributed by atoms with Gasteiger partial charge in [-0.1, -0.05) is 0 Å². The first kappa shape index (κ1) is 13.4. The Morgan fingerprint density at radius 3 is 2.40 bits per heavy atom. The molecule has 0 radical (unpaired) electrons. The summed E-state index contributed by atoms with van der Waals surface area (Å²) in [6.45, 7) is 4.44. The van der Waals surface area contributed by atoms with Gasteiger partial charge in [0.1, 0.15) is 0 Å². The molecule has 6 heteroatoms. The van der Waals surface area contributed by atoms with Gasteiger partial charge in [0.05, 0.1) is 19.4 Å². The van der Waals surface area contributed by atoms with Gasteiger partial charge in [-0.3, -0.25) is 4.57 Å². The average Bonchev–Trinajstić information content (AvgIpc) is 2.51. The van der Waals surface area contributed by atoms with Crippen LogP contribution in [0.25, 0.3) is 0 Å². The molecule has 0 unspecified atom stereocenters.